The van der Waals surface area contributed by atoms with Gasteiger partial charge in [-0.3, -0.25) is 0 Å². The third kappa shape index (κ3) is 2.38. The molecule has 3 nitrogen and oxygen atoms in total. The zero-order valence-corrected chi connectivity index (χ0v) is 9.37. The predicted octanol–water partition coefficient (Wildman–Crippen LogP) is 1.78. The topological polar surface area (TPSA) is 44.5 Å². The summed E-state index contributed by atoms with van der Waals surface area (Å²) in [4.78, 5) is 0. The van der Waals surface area contributed by atoms with E-state index in [1.807, 2.05) is 18.2 Å². The summed E-state index contributed by atoms with van der Waals surface area (Å²) in [6, 6.07) is 5.87. The van der Waals surface area contributed by atoms with Crippen molar-refractivity contribution in [2.24, 2.45) is 5.73 Å². The molecule has 0 saturated carbocycles. The predicted molar refractivity (Wildman–Crippen MR) is 62.8 cm³/mol. The van der Waals surface area contributed by atoms with Crippen LogP contribution in [-0.4, -0.2) is 19.8 Å². The molecule has 1 unspecified atom stereocenters. The molecular weight excluding hydrogens is 210 g/mol. The van der Waals surface area contributed by atoms with Gasteiger partial charge in [-0.05, 0) is 17.7 Å². The van der Waals surface area contributed by atoms with Crippen LogP contribution in [0.4, 0.5) is 0 Å². The van der Waals surface area contributed by atoms with E-state index in [-0.39, 0.29) is 5.25 Å². The average Bonchev–Trinajstić information content (AvgIpc) is 2.51. The molecule has 1 heterocycles. The van der Waals surface area contributed by atoms with Crippen molar-refractivity contribution in [2.75, 3.05) is 19.8 Å². The van der Waals surface area contributed by atoms with Crippen LogP contribution in [-0.2, 0) is 0 Å². The fourth-order valence-corrected chi connectivity index (χ4v) is 1.68. The van der Waals surface area contributed by atoms with Gasteiger partial charge in [-0.1, -0.05) is 6.07 Å². The van der Waals surface area contributed by atoms with Crippen LogP contribution >= 0.6 is 12.6 Å². The van der Waals surface area contributed by atoms with Crippen LogP contribution in [0.25, 0.3) is 0 Å². The number of ether oxygens (including phenoxy) is 2. The highest BCUT2D eigenvalue weighted by molar-refractivity contribution is 7.80. The minimum Gasteiger partial charge on any atom is -0.490 e. The van der Waals surface area contributed by atoms with E-state index in [0.717, 1.165) is 23.5 Å². The Hall–Kier alpha value is -0.870. The minimum absolute atomic E-state index is 0.0575. The van der Waals surface area contributed by atoms with Crippen molar-refractivity contribution in [2.45, 2.75) is 11.7 Å². The molecule has 0 bridgehead atoms. The van der Waals surface area contributed by atoms with E-state index in [9.17, 15) is 0 Å². The Morgan fingerprint density at radius 2 is 2.00 bits per heavy atom. The molecular formula is C11H15NO2S. The summed E-state index contributed by atoms with van der Waals surface area (Å²) in [7, 11) is 0. The van der Waals surface area contributed by atoms with Crippen molar-refractivity contribution < 1.29 is 9.47 Å². The molecule has 15 heavy (non-hydrogen) atoms. The Balaban J connectivity index is 2.27. The van der Waals surface area contributed by atoms with Crippen LogP contribution in [0, 0.1) is 0 Å². The summed E-state index contributed by atoms with van der Waals surface area (Å²) in [6.07, 6.45) is 0.922. The zero-order chi connectivity index (χ0) is 10.7. The van der Waals surface area contributed by atoms with Gasteiger partial charge >= 0.3 is 0 Å². The smallest absolute Gasteiger partial charge is 0.161 e. The van der Waals surface area contributed by atoms with Crippen molar-refractivity contribution in [3.8, 4) is 11.5 Å². The van der Waals surface area contributed by atoms with E-state index in [2.05, 4.69) is 12.6 Å². The van der Waals surface area contributed by atoms with Gasteiger partial charge in [-0.15, -0.1) is 0 Å². The van der Waals surface area contributed by atoms with Crippen LogP contribution in [0.2, 0.25) is 0 Å². The summed E-state index contributed by atoms with van der Waals surface area (Å²) in [6.45, 7) is 1.94. The number of benzene rings is 1. The summed E-state index contributed by atoms with van der Waals surface area (Å²) < 4.78 is 11.1. The van der Waals surface area contributed by atoms with Gasteiger partial charge in [0.2, 0.25) is 0 Å². The van der Waals surface area contributed by atoms with Gasteiger partial charge in [0.05, 0.1) is 13.2 Å². The summed E-state index contributed by atoms with van der Waals surface area (Å²) >= 11 is 4.39. The largest absolute Gasteiger partial charge is 0.490 e. The van der Waals surface area contributed by atoms with Crippen molar-refractivity contribution >= 4 is 12.6 Å². The Kier molecular flexibility index (Phi) is 3.38. The van der Waals surface area contributed by atoms with Gasteiger partial charge in [0.25, 0.3) is 0 Å². The van der Waals surface area contributed by atoms with Gasteiger partial charge in [0, 0.05) is 18.2 Å². The molecule has 2 rings (SSSR count). The maximum absolute atomic E-state index is 5.58. The average molecular weight is 225 g/mol. The van der Waals surface area contributed by atoms with Crippen LogP contribution in [0.5, 0.6) is 11.5 Å². The number of nitrogens with two attached hydrogens (primary N) is 1. The number of hydrogen-bond acceptors (Lipinski definition) is 4. The highest BCUT2D eigenvalue weighted by Crippen LogP contribution is 2.33. The van der Waals surface area contributed by atoms with E-state index in [0.29, 0.717) is 19.8 Å². The lowest BCUT2D eigenvalue weighted by Crippen LogP contribution is -2.07. The second-order valence-electron chi connectivity index (χ2n) is 3.51. The lowest BCUT2D eigenvalue weighted by Gasteiger charge is -2.12. The van der Waals surface area contributed by atoms with Crippen molar-refractivity contribution in [1.82, 2.24) is 0 Å². The molecule has 0 aromatic heterocycles. The molecule has 1 aromatic rings. The molecule has 82 valence electrons. The van der Waals surface area contributed by atoms with E-state index in [4.69, 9.17) is 15.2 Å². The molecule has 0 amide bonds. The summed E-state index contributed by atoms with van der Waals surface area (Å²) in [5, 5.41) is 0.0575. The van der Waals surface area contributed by atoms with Gasteiger partial charge < -0.3 is 15.2 Å². The second-order valence-corrected chi connectivity index (χ2v) is 4.13. The standard InChI is InChI=1S/C11H15NO2S/c12-7-11(15)8-2-3-9-10(6-8)14-5-1-4-13-9/h2-3,6,11,15H,1,4-5,7,12H2. The van der Waals surface area contributed by atoms with Crippen LogP contribution in [0.1, 0.15) is 17.2 Å². The Bertz CT molecular complexity index is 343. The molecule has 0 radical (unpaired) electrons. The maximum atomic E-state index is 5.58. The first kappa shape index (κ1) is 10.6. The SMILES string of the molecule is NCC(S)c1ccc2c(c1)OCCCO2. The molecule has 2 N–H and O–H groups in total. The Labute approximate surface area is 95.0 Å². The van der Waals surface area contributed by atoms with Gasteiger partial charge in [0.1, 0.15) is 0 Å². The van der Waals surface area contributed by atoms with Crippen LogP contribution in [0.3, 0.4) is 0 Å². The fraction of sp³-hybridized carbons (Fsp3) is 0.455. The zero-order valence-electron chi connectivity index (χ0n) is 8.48. The highest BCUT2D eigenvalue weighted by Gasteiger charge is 2.12. The Morgan fingerprint density at radius 1 is 1.27 bits per heavy atom. The van der Waals surface area contributed by atoms with Crippen molar-refractivity contribution in [3.05, 3.63) is 23.8 Å². The molecule has 1 aliphatic rings. The molecule has 0 fully saturated rings. The van der Waals surface area contributed by atoms with E-state index in [1.54, 1.807) is 0 Å². The Morgan fingerprint density at radius 3 is 2.73 bits per heavy atom. The number of hydrogen-bond donors (Lipinski definition) is 2. The maximum Gasteiger partial charge on any atom is 0.161 e. The first-order valence-electron chi connectivity index (χ1n) is 5.09. The second kappa shape index (κ2) is 4.77. The molecule has 0 spiro atoms. The first-order chi connectivity index (χ1) is 7.31. The van der Waals surface area contributed by atoms with Crippen molar-refractivity contribution in [1.29, 1.82) is 0 Å². The normalized spacial score (nSPS) is 16.9. The minimum atomic E-state index is 0.0575. The van der Waals surface area contributed by atoms with E-state index in [1.165, 1.54) is 0 Å². The summed E-state index contributed by atoms with van der Waals surface area (Å²) in [5.41, 5.74) is 6.64. The van der Waals surface area contributed by atoms with Gasteiger partial charge in [-0.2, -0.15) is 12.6 Å². The molecule has 0 saturated heterocycles. The number of rotatable bonds is 2. The van der Waals surface area contributed by atoms with E-state index >= 15 is 0 Å². The van der Waals surface area contributed by atoms with Gasteiger partial charge in [0.15, 0.2) is 11.5 Å². The molecule has 1 aliphatic heterocycles. The molecule has 0 aliphatic carbocycles. The number of fused-ring (bicyclic) bond motifs is 1. The van der Waals surface area contributed by atoms with Crippen LogP contribution < -0.4 is 15.2 Å². The quantitative estimate of drug-likeness (QED) is 0.754. The molecule has 4 heteroatoms. The van der Waals surface area contributed by atoms with E-state index < -0.39 is 0 Å². The molecule has 1 atom stereocenters. The lowest BCUT2D eigenvalue weighted by atomic mass is 10.1. The summed E-state index contributed by atoms with van der Waals surface area (Å²) in [5.74, 6) is 1.62. The van der Waals surface area contributed by atoms with Crippen molar-refractivity contribution in [3.63, 3.8) is 0 Å². The lowest BCUT2D eigenvalue weighted by molar-refractivity contribution is 0.297. The first-order valence-corrected chi connectivity index (χ1v) is 5.60. The van der Waals surface area contributed by atoms with Gasteiger partial charge in [-0.25, -0.2) is 0 Å². The number of thiol groups is 1. The third-order valence-electron chi connectivity index (χ3n) is 2.38. The highest BCUT2D eigenvalue weighted by atomic mass is 32.1. The monoisotopic (exact) mass is 225 g/mol. The molecule has 1 aromatic carbocycles. The van der Waals surface area contributed by atoms with Crippen LogP contribution in [0.15, 0.2) is 18.2 Å². The fourth-order valence-electron chi connectivity index (χ4n) is 1.52. The third-order valence-corrected chi connectivity index (χ3v) is 2.89.